The first-order valence-corrected chi connectivity index (χ1v) is 10.5. The van der Waals surface area contributed by atoms with E-state index in [0.29, 0.717) is 24.7 Å². The Hall–Kier alpha value is -1.85. The zero-order valence-corrected chi connectivity index (χ0v) is 16.9. The van der Waals surface area contributed by atoms with E-state index >= 15 is 0 Å². The van der Waals surface area contributed by atoms with Gasteiger partial charge in [-0.3, -0.25) is 14.3 Å². The number of amides is 2. The largest absolute Gasteiger partial charge is 0.343 e. The van der Waals surface area contributed by atoms with Crippen molar-refractivity contribution >= 4 is 11.8 Å². The molecular formula is C21H32N4O2. The van der Waals surface area contributed by atoms with E-state index in [1.807, 2.05) is 9.80 Å². The molecule has 0 spiro atoms. The average Bonchev–Trinajstić information content (AvgIpc) is 3.30. The number of aryl methyl sites for hydroxylation is 1. The Kier molecular flexibility index (Phi) is 4.77. The van der Waals surface area contributed by atoms with Gasteiger partial charge < -0.3 is 9.80 Å². The van der Waals surface area contributed by atoms with E-state index in [0.717, 1.165) is 51.9 Å². The van der Waals surface area contributed by atoms with Gasteiger partial charge in [0.25, 0.3) is 0 Å². The molecular weight excluding hydrogens is 340 g/mol. The van der Waals surface area contributed by atoms with Crippen LogP contribution < -0.4 is 0 Å². The van der Waals surface area contributed by atoms with Gasteiger partial charge in [0, 0.05) is 51.1 Å². The van der Waals surface area contributed by atoms with Crippen LogP contribution in [0.15, 0.2) is 6.20 Å². The van der Waals surface area contributed by atoms with Crippen LogP contribution in [0.3, 0.4) is 0 Å². The third-order valence-electron chi connectivity index (χ3n) is 6.43. The minimum absolute atomic E-state index is 0.00600. The predicted octanol–water partition coefficient (Wildman–Crippen LogP) is 2.53. The summed E-state index contributed by atoms with van der Waals surface area (Å²) in [5, 5.41) is 4.92. The van der Waals surface area contributed by atoms with Gasteiger partial charge in [0.05, 0.1) is 11.2 Å². The Morgan fingerprint density at radius 2 is 2.07 bits per heavy atom. The van der Waals surface area contributed by atoms with Gasteiger partial charge in [-0.2, -0.15) is 5.10 Å². The smallest absolute Gasteiger partial charge is 0.222 e. The first kappa shape index (κ1) is 18.5. The molecule has 148 valence electrons. The van der Waals surface area contributed by atoms with E-state index in [1.54, 1.807) is 0 Å². The molecule has 6 nitrogen and oxygen atoms in total. The predicted molar refractivity (Wildman–Crippen MR) is 103 cm³/mol. The van der Waals surface area contributed by atoms with Gasteiger partial charge in [-0.25, -0.2) is 0 Å². The number of hydrogen-bond donors (Lipinski definition) is 0. The molecule has 4 rings (SSSR count). The Morgan fingerprint density at radius 1 is 1.26 bits per heavy atom. The second-order valence-corrected chi connectivity index (χ2v) is 9.45. The van der Waals surface area contributed by atoms with Crippen LogP contribution in [0.1, 0.15) is 70.1 Å². The zero-order valence-electron chi connectivity index (χ0n) is 16.9. The minimum Gasteiger partial charge on any atom is -0.343 e. The first-order valence-electron chi connectivity index (χ1n) is 10.5. The molecule has 0 unspecified atom stereocenters. The minimum atomic E-state index is -0.00600. The SMILES string of the molecule is CC(C)(C)n1cc2c(n1)[C@H]1CN(C(=O)CCCN3CCCC3=O)C[C@H]1CC2. The summed E-state index contributed by atoms with van der Waals surface area (Å²) in [6.07, 6.45) is 7.40. The summed E-state index contributed by atoms with van der Waals surface area (Å²) in [6, 6.07) is 0. The van der Waals surface area contributed by atoms with Crippen LogP contribution in [0.5, 0.6) is 0 Å². The molecule has 1 aromatic heterocycles. The second kappa shape index (κ2) is 6.95. The topological polar surface area (TPSA) is 58.4 Å². The van der Waals surface area contributed by atoms with Crippen LogP contribution in [-0.2, 0) is 21.5 Å². The molecule has 0 radical (unpaired) electrons. The molecule has 2 amide bonds. The van der Waals surface area contributed by atoms with Crippen molar-refractivity contribution in [3.05, 3.63) is 17.5 Å². The van der Waals surface area contributed by atoms with Gasteiger partial charge in [-0.1, -0.05) is 0 Å². The molecule has 3 aliphatic rings. The first-order chi connectivity index (χ1) is 12.8. The maximum Gasteiger partial charge on any atom is 0.222 e. The van der Waals surface area contributed by atoms with Crippen molar-refractivity contribution in [3.8, 4) is 0 Å². The lowest BCUT2D eigenvalue weighted by molar-refractivity contribution is -0.131. The number of likely N-dealkylation sites (tertiary alicyclic amines) is 2. The molecule has 0 aromatic carbocycles. The number of aromatic nitrogens is 2. The highest BCUT2D eigenvalue weighted by Crippen LogP contribution is 2.41. The molecule has 6 heteroatoms. The van der Waals surface area contributed by atoms with E-state index < -0.39 is 0 Å². The molecule has 0 saturated carbocycles. The molecule has 2 atom stereocenters. The van der Waals surface area contributed by atoms with Crippen LogP contribution in [0, 0.1) is 5.92 Å². The lowest BCUT2D eigenvalue weighted by Gasteiger charge is -2.22. The fourth-order valence-electron chi connectivity index (χ4n) is 4.81. The molecule has 1 aromatic rings. The molecule has 0 bridgehead atoms. The highest BCUT2D eigenvalue weighted by Gasteiger charge is 2.41. The van der Waals surface area contributed by atoms with Crippen molar-refractivity contribution < 1.29 is 9.59 Å². The number of carbonyl (C=O) groups excluding carboxylic acids is 2. The Morgan fingerprint density at radius 3 is 2.78 bits per heavy atom. The summed E-state index contributed by atoms with van der Waals surface area (Å²) in [6.45, 7) is 9.80. The summed E-state index contributed by atoms with van der Waals surface area (Å²) in [7, 11) is 0. The lowest BCUT2D eigenvalue weighted by atomic mass is 9.81. The van der Waals surface area contributed by atoms with Crippen molar-refractivity contribution in [1.29, 1.82) is 0 Å². The number of nitrogens with zero attached hydrogens (tertiary/aromatic N) is 4. The third kappa shape index (κ3) is 3.63. The number of carbonyl (C=O) groups is 2. The van der Waals surface area contributed by atoms with Crippen LogP contribution >= 0.6 is 0 Å². The summed E-state index contributed by atoms with van der Waals surface area (Å²) in [5.41, 5.74) is 2.58. The maximum atomic E-state index is 12.7. The standard InChI is InChI=1S/C21H32N4O2/c1-21(2,3)25-13-16-9-8-15-12-24(14-17(15)20(16)22-25)19(27)7-5-11-23-10-4-6-18(23)26/h13,15,17H,4-12,14H2,1-3H3/t15-,17+/m1/s1. The Bertz CT molecular complexity index is 733. The van der Waals surface area contributed by atoms with Crippen molar-refractivity contribution in [1.82, 2.24) is 19.6 Å². The van der Waals surface area contributed by atoms with Crippen LogP contribution in [-0.4, -0.2) is 57.6 Å². The number of hydrogen-bond acceptors (Lipinski definition) is 3. The van der Waals surface area contributed by atoms with Crippen molar-refractivity contribution in [2.75, 3.05) is 26.2 Å². The monoisotopic (exact) mass is 372 g/mol. The van der Waals surface area contributed by atoms with Crippen LogP contribution in [0.2, 0.25) is 0 Å². The molecule has 0 N–H and O–H groups in total. The summed E-state index contributed by atoms with van der Waals surface area (Å²) in [4.78, 5) is 28.4. The van der Waals surface area contributed by atoms with Gasteiger partial charge >= 0.3 is 0 Å². The number of fused-ring (bicyclic) bond motifs is 3. The second-order valence-electron chi connectivity index (χ2n) is 9.45. The molecule has 1 aliphatic carbocycles. The molecule has 2 saturated heterocycles. The quantitative estimate of drug-likeness (QED) is 0.816. The van der Waals surface area contributed by atoms with Gasteiger partial charge in [-0.05, 0) is 57.9 Å². The molecule has 2 aliphatic heterocycles. The summed E-state index contributed by atoms with van der Waals surface area (Å²) < 4.78 is 2.09. The maximum absolute atomic E-state index is 12.7. The molecule has 3 heterocycles. The van der Waals surface area contributed by atoms with Gasteiger partial charge in [-0.15, -0.1) is 0 Å². The lowest BCUT2D eigenvalue weighted by Crippen LogP contribution is -2.31. The fourth-order valence-corrected chi connectivity index (χ4v) is 4.81. The van der Waals surface area contributed by atoms with Crippen molar-refractivity contribution in [2.45, 2.75) is 70.8 Å². The van der Waals surface area contributed by atoms with Gasteiger partial charge in [0.15, 0.2) is 0 Å². The van der Waals surface area contributed by atoms with Crippen LogP contribution in [0.25, 0.3) is 0 Å². The van der Waals surface area contributed by atoms with E-state index in [2.05, 4.69) is 31.6 Å². The van der Waals surface area contributed by atoms with Gasteiger partial charge in [0.1, 0.15) is 0 Å². The van der Waals surface area contributed by atoms with Crippen molar-refractivity contribution in [2.24, 2.45) is 5.92 Å². The van der Waals surface area contributed by atoms with Crippen molar-refractivity contribution in [3.63, 3.8) is 0 Å². The Labute approximate surface area is 161 Å². The van der Waals surface area contributed by atoms with E-state index in [1.165, 1.54) is 11.3 Å². The third-order valence-corrected chi connectivity index (χ3v) is 6.43. The highest BCUT2D eigenvalue weighted by molar-refractivity contribution is 5.78. The summed E-state index contributed by atoms with van der Waals surface area (Å²) >= 11 is 0. The van der Waals surface area contributed by atoms with E-state index in [-0.39, 0.29) is 17.4 Å². The summed E-state index contributed by atoms with van der Waals surface area (Å²) in [5.74, 6) is 1.43. The zero-order chi connectivity index (χ0) is 19.2. The Balaban J connectivity index is 1.35. The van der Waals surface area contributed by atoms with E-state index in [9.17, 15) is 9.59 Å². The average molecular weight is 373 g/mol. The fraction of sp³-hybridized carbons (Fsp3) is 0.762. The normalized spacial score (nSPS) is 25.1. The number of rotatable bonds is 4. The van der Waals surface area contributed by atoms with E-state index in [4.69, 9.17) is 5.10 Å². The molecule has 27 heavy (non-hydrogen) atoms. The van der Waals surface area contributed by atoms with Crippen LogP contribution in [0.4, 0.5) is 0 Å². The van der Waals surface area contributed by atoms with Gasteiger partial charge in [0.2, 0.25) is 11.8 Å². The highest BCUT2D eigenvalue weighted by atomic mass is 16.2. The molecule has 2 fully saturated rings.